The number of hydrogen-bond acceptors (Lipinski definition) is 3. The quantitative estimate of drug-likeness (QED) is 0.624. The van der Waals surface area contributed by atoms with Crippen LogP contribution in [-0.4, -0.2) is 37.1 Å². The Morgan fingerprint density at radius 2 is 2.15 bits per heavy atom. The molecule has 0 amide bonds. The number of ether oxygens (including phenoxy) is 1. The minimum atomic E-state index is -0.352. The van der Waals surface area contributed by atoms with Crippen LogP contribution in [0, 0.1) is 6.92 Å². The van der Waals surface area contributed by atoms with Crippen molar-refractivity contribution in [3.05, 3.63) is 48.0 Å². The highest BCUT2D eigenvalue weighted by Gasteiger charge is 2.49. The lowest BCUT2D eigenvalue weighted by Crippen LogP contribution is -2.46. The lowest BCUT2D eigenvalue weighted by molar-refractivity contribution is -0.149. The number of rotatable bonds is 4. The molecular weight excluding hydrogens is 250 g/mol. The predicted molar refractivity (Wildman–Crippen MR) is 80.7 cm³/mol. The summed E-state index contributed by atoms with van der Waals surface area (Å²) >= 11 is 0. The minimum absolute atomic E-state index is 0.159. The van der Waals surface area contributed by atoms with Crippen LogP contribution in [0.2, 0.25) is 0 Å². The number of carbonyl (C=O) groups is 1. The molecule has 1 aliphatic rings. The number of likely N-dealkylation sites (tertiary alicyclic amines) is 1. The van der Waals surface area contributed by atoms with E-state index in [1.807, 2.05) is 20.0 Å². The van der Waals surface area contributed by atoms with Crippen molar-refractivity contribution in [1.82, 2.24) is 4.90 Å². The van der Waals surface area contributed by atoms with Gasteiger partial charge >= 0.3 is 5.97 Å². The molecule has 2 unspecified atom stereocenters. The summed E-state index contributed by atoms with van der Waals surface area (Å²) in [4.78, 5) is 14.4. The summed E-state index contributed by atoms with van der Waals surface area (Å²) in [6.45, 7) is 9.18. The van der Waals surface area contributed by atoms with E-state index in [1.54, 1.807) is 0 Å². The predicted octanol–water partition coefficient (Wildman–Crippen LogP) is 2.69. The van der Waals surface area contributed by atoms with E-state index < -0.39 is 0 Å². The lowest BCUT2D eigenvalue weighted by Gasteiger charge is -2.33. The van der Waals surface area contributed by atoms with Gasteiger partial charge < -0.3 is 4.74 Å². The van der Waals surface area contributed by atoms with Crippen molar-refractivity contribution in [1.29, 1.82) is 0 Å². The van der Waals surface area contributed by atoms with Crippen molar-refractivity contribution in [3.63, 3.8) is 0 Å². The van der Waals surface area contributed by atoms with Gasteiger partial charge in [0.25, 0.3) is 0 Å². The number of aryl methyl sites for hydroxylation is 1. The lowest BCUT2D eigenvalue weighted by atomic mass is 9.74. The highest BCUT2D eigenvalue weighted by atomic mass is 16.5. The van der Waals surface area contributed by atoms with Crippen molar-refractivity contribution in [2.24, 2.45) is 0 Å². The van der Waals surface area contributed by atoms with E-state index in [1.165, 1.54) is 5.56 Å². The fraction of sp³-hybridized carbons (Fsp3) is 0.471. The third kappa shape index (κ3) is 2.38. The zero-order valence-corrected chi connectivity index (χ0v) is 12.6. The molecule has 2 atom stereocenters. The fourth-order valence-corrected chi connectivity index (χ4v) is 3.13. The first kappa shape index (κ1) is 14.8. The van der Waals surface area contributed by atoms with Crippen LogP contribution in [0.3, 0.4) is 0 Å². The third-order valence-corrected chi connectivity index (χ3v) is 4.27. The summed E-state index contributed by atoms with van der Waals surface area (Å²) in [7, 11) is 1.97. The van der Waals surface area contributed by atoms with Gasteiger partial charge in [-0.1, -0.05) is 35.9 Å². The second kappa shape index (κ2) is 5.80. The minimum Gasteiger partial charge on any atom is -0.465 e. The normalized spacial score (nSPS) is 26.4. The van der Waals surface area contributed by atoms with Gasteiger partial charge in [0.15, 0.2) is 0 Å². The first-order chi connectivity index (χ1) is 9.55. The van der Waals surface area contributed by atoms with Gasteiger partial charge in [0, 0.05) is 5.41 Å². The third-order valence-electron chi connectivity index (χ3n) is 4.27. The summed E-state index contributed by atoms with van der Waals surface area (Å²) < 4.78 is 5.27. The molecule has 0 spiro atoms. The van der Waals surface area contributed by atoms with Gasteiger partial charge in [-0.2, -0.15) is 0 Å². The molecular formula is C17H23NO2. The molecule has 108 valence electrons. The van der Waals surface area contributed by atoms with E-state index in [9.17, 15) is 4.79 Å². The zero-order valence-electron chi connectivity index (χ0n) is 12.6. The van der Waals surface area contributed by atoms with Crippen molar-refractivity contribution in [2.75, 3.05) is 20.2 Å². The Morgan fingerprint density at radius 1 is 1.50 bits per heavy atom. The topological polar surface area (TPSA) is 29.5 Å². The number of benzene rings is 1. The molecule has 0 N–H and O–H groups in total. The van der Waals surface area contributed by atoms with Crippen molar-refractivity contribution < 1.29 is 9.53 Å². The SMILES string of the molecule is C=CC1(c2ccc(C)cc2)CCN(C)C1C(=O)OCC. The number of carbonyl (C=O) groups excluding carboxylic acids is 1. The average molecular weight is 273 g/mol. The molecule has 0 radical (unpaired) electrons. The van der Waals surface area contributed by atoms with Crippen molar-refractivity contribution in [2.45, 2.75) is 31.7 Å². The summed E-state index contributed by atoms with van der Waals surface area (Å²) in [5, 5.41) is 0. The van der Waals surface area contributed by atoms with Crippen LogP contribution in [-0.2, 0) is 14.9 Å². The highest BCUT2D eigenvalue weighted by Crippen LogP contribution is 2.41. The van der Waals surface area contributed by atoms with Crippen molar-refractivity contribution in [3.8, 4) is 0 Å². The maximum absolute atomic E-state index is 12.4. The van der Waals surface area contributed by atoms with E-state index in [0.717, 1.165) is 18.5 Å². The summed E-state index contributed by atoms with van der Waals surface area (Å²) in [5.41, 5.74) is 2.00. The maximum atomic E-state index is 12.4. The number of nitrogens with zero attached hydrogens (tertiary/aromatic N) is 1. The van der Waals surface area contributed by atoms with Crippen LogP contribution in [0.15, 0.2) is 36.9 Å². The molecule has 0 aliphatic carbocycles. The first-order valence-electron chi connectivity index (χ1n) is 7.12. The first-order valence-corrected chi connectivity index (χ1v) is 7.12. The molecule has 20 heavy (non-hydrogen) atoms. The molecule has 0 saturated carbocycles. The van der Waals surface area contributed by atoms with Crippen LogP contribution in [0.1, 0.15) is 24.5 Å². The van der Waals surface area contributed by atoms with Gasteiger partial charge in [-0.3, -0.25) is 9.69 Å². The number of likely N-dealkylation sites (N-methyl/N-ethyl adjacent to an activating group) is 1. The van der Waals surface area contributed by atoms with Crippen LogP contribution < -0.4 is 0 Å². The zero-order chi connectivity index (χ0) is 14.8. The smallest absolute Gasteiger partial charge is 0.324 e. The molecule has 1 saturated heterocycles. The second-order valence-electron chi connectivity index (χ2n) is 5.50. The van der Waals surface area contributed by atoms with Crippen LogP contribution in [0.25, 0.3) is 0 Å². The van der Waals surface area contributed by atoms with Crippen LogP contribution in [0.5, 0.6) is 0 Å². The maximum Gasteiger partial charge on any atom is 0.324 e. The molecule has 3 heteroatoms. The van der Waals surface area contributed by atoms with Gasteiger partial charge in [-0.15, -0.1) is 6.58 Å². The largest absolute Gasteiger partial charge is 0.465 e. The molecule has 0 bridgehead atoms. The van der Waals surface area contributed by atoms with Crippen LogP contribution in [0.4, 0.5) is 0 Å². The van der Waals surface area contributed by atoms with Gasteiger partial charge in [-0.05, 0) is 39.4 Å². The molecule has 1 fully saturated rings. The van der Waals surface area contributed by atoms with E-state index in [0.29, 0.717) is 6.61 Å². The Balaban J connectivity index is 2.44. The van der Waals surface area contributed by atoms with E-state index in [4.69, 9.17) is 4.74 Å². The van der Waals surface area contributed by atoms with Gasteiger partial charge in [0.2, 0.25) is 0 Å². The second-order valence-corrected chi connectivity index (χ2v) is 5.50. The van der Waals surface area contributed by atoms with Gasteiger partial charge in [0.1, 0.15) is 6.04 Å². The molecule has 2 rings (SSSR count). The van der Waals surface area contributed by atoms with Gasteiger partial charge in [0.05, 0.1) is 6.61 Å². The highest BCUT2D eigenvalue weighted by molar-refractivity contribution is 5.79. The fourth-order valence-electron chi connectivity index (χ4n) is 3.13. The Bertz CT molecular complexity index is 494. The summed E-state index contributed by atoms with van der Waals surface area (Å²) in [5.74, 6) is -0.159. The summed E-state index contributed by atoms with van der Waals surface area (Å²) in [6, 6.07) is 8.08. The molecule has 1 aromatic carbocycles. The standard InChI is InChI=1S/C17H23NO2/c1-5-17(14-9-7-13(3)8-10-14)11-12-18(4)15(17)16(19)20-6-2/h5,7-10,15H,1,6,11-12H2,2-4H3. The Kier molecular flexibility index (Phi) is 4.29. The van der Waals surface area contributed by atoms with Crippen molar-refractivity contribution >= 4 is 5.97 Å². The Morgan fingerprint density at radius 3 is 2.70 bits per heavy atom. The number of esters is 1. The van der Waals surface area contributed by atoms with E-state index in [-0.39, 0.29) is 17.4 Å². The average Bonchev–Trinajstić information content (AvgIpc) is 2.78. The summed E-state index contributed by atoms with van der Waals surface area (Å²) in [6.07, 6.45) is 2.81. The van der Waals surface area contributed by atoms with Gasteiger partial charge in [-0.25, -0.2) is 0 Å². The number of hydrogen-bond donors (Lipinski definition) is 0. The van der Waals surface area contributed by atoms with E-state index in [2.05, 4.69) is 42.7 Å². The molecule has 1 aromatic rings. The molecule has 3 nitrogen and oxygen atoms in total. The monoisotopic (exact) mass is 273 g/mol. The molecule has 1 aliphatic heterocycles. The Labute approximate surface area is 121 Å². The molecule has 1 heterocycles. The van der Waals surface area contributed by atoms with Crippen LogP contribution >= 0.6 is 0 Å². The molecule has 0 aromatic heterocycles. The van der Waals surface area contributed by atoms with E-state index >= 15 is 0 Å². The Hall–Kier alpha value is -1.61.